The number of rotatable bonds is 3. The van der Waals surface area contributed by atoms with Gasteiger partial charge in [0, 0.05) is 18.2 Å². The van der Waals surface area contributed by atoms with Gasteiger partial charge in [-0.1, -0.05) is 38.5 Å². The summed E-state index contributed by atoms with van der Waals surface area (Å²) in [6.45, 7) is 0. The Morgan fingerprint density at radius 2 is 1.79 bits per heavy atom. The Bertz CT molecular complexity index is 396. The highest BCUT2D eigenvalue weighted by molar-refractivity contribution is 5.06. The molecule has 2 saturated carbocycles. The van der Waals surface area contributed by atoms with Gasteiger partial charge in [-0.25, -0.2) is 0 Å². The van der Waals surface area contributed by atoms with E-state index in [0.29, 0.717) is 6.04 Å². The molecule has 0 aliphatic heterocycles. The van der Waals surface area contributed by atoms with Crippen molar-refractivity contribution in [2.45, 2.75) is 82.2 Å². The van der Waals surface area contributed by atoms with Crippen LogP contribution in [0.25, 0.3) is 0 Å². The lowest BCUT2D eigenvalue weighted by molar-refractivity contribution is 0.362. The van der Waals surface area contributed by atoms with Gasteiger partial charge in [0.2, 0.25) is 0 Å². The van der Waals surface area contributed by atoms with Gasteiger partial charge in [0.05, 0.1) is 11.7 Å². The van der Waals surface area contributed by atoms with Crippen LogP contribution in [0.5, 0.6) is 0 Å². The van der Waals surface area contributed by atoms with Crippen molar-refractivity contribution in [1.82, 2.24) is 9.78 Å². The molecule has 0 aromatic carbocycles. The van der Waals surface area contributed by atoms with Gasteiger partial charge in [0.1, 0.15) is 0 Å². The van der Waals surface area contributed by atoms with E-state index in [9.17, 15) is 0 Å². The number of nitrogens with zero attached hydrogens (tertiary/aromatic N) is 2. The molecule has 3 nitrogen and oxygen atoms in total. The molecule has 2 aliphatic carbocycles. The van der Waals surface area contributed by atoms with Gasteiger partial charge in [-0.3, -0.25) is 4.68 Å². The van der Waals surface area contributed by atoms with Crippen LogP contribution in [0, 0.1) is 0 Å². The zero-order chi connectivity index (χ0) is 13.1. The van der Waals surface area contributed by atoms with Crippen LogP contribution in [-0.4, -0.2) is 15.3 Å². The average Bonchev–Trinajstić information content (AvgIpc) is 3.00. The van der Waals surface area contributed by atoms with E-state index in [1.54, 1.807) is 0 Å². The van der Waals surface area contributed by atoms with E-state index in [0.717, 1.165) is 6.42 Å². The lowest BCUT2D eigenvalue weighted by Crippen LogP contribution is -2.41. The van der Waals surface area contributed by atoms with Gasteiger partial charge in [-0.15, -0.1) is 0 Å². The van der Waals surface area contributed by atoms with Gasteiger partial charge >= 0.3 is 0 Å². The van der Waals surface area contributed by atoms with Crippen LogP contribution in [0.15, 0.2) is 12.3 Å². The van der Waals surface area contributed by atoms with Crippen LogP contribution < -0.4 is 5.73 Å². The maximum absolute atomic E-state index is 6.60. The third kappa shape index (κ3) is 3.19. The highest BCUT2D eigenvalue weighted by Gasteiger charge is 2.27. The summed E-state index contributed by atoms with van der Waals surface area (Å²) in [6.07, 6.45) is 16.1. The highest BCUT2D eigenvalue weighted by atomic mass is 15.3. The first kappa shape index (κ1) is 13.2. The lowest BCUT2D eigenvalue weighted by atomic mass is 9.87. The van der Waals surface area contributed by atoms with Crippen LogP contribution in [-0.2, 0) is 6.42 Å². The normalized spacial score (nSPS) is 24.5. The van der Waals surface area contributed by atoms with Gasteiger partial charge in [-0.05, 0) is 31.7 Å². The van der Waals surface area contributed by atoms with E-state index < -0.39 is 0 Å². The minimum absolute atomic E-state index is 0.00532. The van der Waals surface area contributed by atoms with Crippen molar-refractivity contribution < 1.29 is 0 Å². The van der Waals surface area contributed by atoms with Crippen LogP contribution in [0.4, 0.5) is 0 Å². The number of nitrogens with two attached hydrogens (primary N) is 1. The molecule has 3 rings (SSSR count). The molecule has 0 bridgehead atoms. The Morgan fingerprint density at radius 3 is 2.47 bits per heavy atom. The Labute approximate surface area is 116 Å². The molecule has 0 amide bonds. The smallest absolute Gasteiger partial charge is 0.0643 e. The molecule has 0 atom stereocenters. The molecule has 2 fully saturated rings. The molecule has 1 aromatic heterocycles. The second-order valence-corrected chi connectivity index (χ2v) is 6.68. The van der Waals surface area contributed by atoms with Crippen molar-refractivity contribution in [3.63, 3.8) is 0 Å². The molecule has 19 heavy (non-hydrogen) atoms. The van der Waals surface area contributed by atoms with E-state index >= 15 is 0 Å². The lowest BCUT2D eigenvalue weighted by Gasteiger charge is -2.27. The fraction of sp³-hybridized carbons (Fsp3) is 0.812. The molecule has 0 unspecified atom stereocenters. The quantitative estimate of drug-likeness (QED) is 0.845. The maximum atomic E-state index is 6.60. The summed E-state index contributed by atoms with van der Waals surface area (Å²) in [6, 6.07) is 2.84. The van der Waals surface area contributed by atoms with Crippen LogP contribution in [0.1, 0.15) is 75.9 Å². The fourth-order valence-corrected chi connectivity index (χ4v) is 3.81. The molecule has 2 N–H and O–H groups in total. The molecule has 1 aromatic rings. The first-order valence-electron chi connectivity index (χ1n) is 8.08. The molecule has 3 heteroatoms. The van der Waals surface area contributed by atoms with Crippen molar-refractivity contribution in [3.05, 3.63) is 18.0 Å². The van der Waals surface area contributed by atoms with Crippen LogP contribution >= 0.6 is 0 Å². The highest BCUT2D eigenvalue weighted by Crippen LogP contribution is 2.30. The summed E-state index contributed by atoms with van der Waals surface area (Å²) < 4.78 is 2.20. The third-order valence-electron chi connectivity index (χ3n) is 4.99. The Hall–Kier alpha value is -0.830. The summed E-state index contributed by atoms with van der Waals surface area (Å²) in [4.78, 5) is 0. The molecular formula is C16H27N3. The molecule has 0 radical (unpaired) electrons. The zero-order valence-corrected chi connectivity index (χ0v) is 12.0. The summed E-state index contributed by atoms with van der Waals surface area (Å²) in [7, 11) is 0. The Balaban J connectivity index is 1.65. The zero-order valence-electron chi connectivity index (χ0n) is 12.0. The van der Waals surface area contributed by atoms with Crippen LogP contribution in [0.3, 0.4) is 0 Å². The predicted molar refractivity (Wildman–Crippen MR) is 78.1 cm³/mol. The predicted octanol–water partition coefficient (Wildman–Crippen LogP) is 3.59. The Kier molecular flexibility index (Phi) is 3.92. The maximum Gasteiger partial charge on any atom is 0.0643 e. The average molecular weight is 261 g/mol. The Morgan fingerprint density at radius 1 is 1.11 bits per heavy atom. The second-order valence-electron chi connectivity index (χ2n) is 6.68. The largest absolute Gasteiger partial charge is 0.325 e. The first-order valence-corrected chi connectivity index (χ1v) is 8.08. The minimum Gasteiger partial charge on any atom is -0.325 e. The van der Waals surface area contributed by atoms with Crippen molar-refractivity contribution in [2.75, 3.05) is 0 Å². The van der Waals surface area contributed by atoms with Gasteiger partial charge in [-0.2, -0.15) is 5.10 Å². The second kappa shape index (κ2) is 5.66. The van der Waals surface area contributed by atoms with Crippen molar-refractivity contribution in [1.29, 1.82) is 0 Å². The standard InChI is InChI=1S/C16H27N3/c17-16(10-5-1-2-6-11-16)13-14-9-12-19(18-14)15-7-3-4-8-15/h9,12,15H,1-8,10-11,13,17H2. The van der Waals surface area contributed by atoms with E-state index in [4.69, 9.17) is 10.8 Å². The number of hydrogen-bond donors (Lipinski definition) is 1. The number of aromatic nitrogens is 2. The third-order valence-corrected chi connectivity index (χ3v) is 4.99. The van der Waals surface area contributed by atoms with Crippen molar-refractivity contribution >= 4 is 0 Å². The summed E-state index contributed by atoms with van der Waals surface area (Å²) in [5, 5.41) is 4.80. The monoisotopic (exact) mass is 261 g/mol. The van der Waals surface area contributed by atoms with E-state index in [1.165, 1.54) is 69.9 Å². The fourth-order valence-electron chi connectivity index (χ4n) is 3.81. The SMILES string of the molecule is NC1(Cc2ccn(C3CCCC3)n2)CCCCCC1. The number of hydrogen-bond acceptors (Lipinski definition) is 2. The van der Waals surface area contributed by atoms with Gasteiger partial charge < -0.3 is 5.73 Å². The molecule has 2 aliphatic rings. The molecule has 106 valence electrons. The van der Waals surface area contributed by atoms with Crippen molar-refractivity contribution in [2.24, 2.45) is 5.73 Å². The van der Waals surface area contributed by atoms with Crippen molar-refractivity contribution in [3.8, 4) is 0 Å². The van der Waals surface area contributed by atoms with E-state index in [-0.39, 0.29) is 5.54 Å². The van der Waals surface area contributed by atoms with Gasteiger partial charge in [0.25, 0.3) is 0 Å². The van der Waals surface area contributed by atoms with Gasteiger partial charge in [0.15, 0.2) is 0 Å². The van der Waals surface area contributed by atoms with E-state index in [1.807, 2.05) is 0 Å². The van der Waals surface area contributed by atoms with E-state index in [2.05, 4.69) is 16.9 Å². The minimum atomic E-state index is 0.00532. The van der Waals surface area contributed by atoms with Crippen LogP contribution in [0.2, 0.25) is 0 Å². The summed E-state index contributed by atoms with van der Waals surface area (Å²) in [5.74, 6) is 0. The molecular weight excluding hydrogens is 234 g/mol. The summed E-state index contributed by atoms with van der Waals surface area (Å²) in [5.41, 5.74) is 7.81. The molecule has 0 saturated heterocycles. The summed E-state index contributed by atoms with van der Waals surface area (Å²) >= 11 is 0. The molecule has 0 spiro atoms. The topological polar surface area (TPSA) is 43.8 Å². The molecule has 1 heterocycles. The first-order chi connectivity index (χ1) is 9.25.